The first kappa shape index (κ1) is 14.2. The lowest BCUT2D eigenvalue weighted by Crippen LogP contribution is -1.96. The van der Waals surface area contributed by atoms with E-state index in [9.17, 15) is 20.1 Å². The van der Waals surface area contributed by atoms with Crippen molar-refractivity contribution in [2.24, 2.45) is 0 Å². The van der Waals surface area contributed by atoms with Gasteiger partial charge in [0.15, 0.2) is 17.8 Å². The summed E-state index contributed by atoms with van der Waals surface area (Å²) in [4.78, 5) is 11.2. The van der Waals surface area contributed by atoms with Crippen molar-refractivity contribution < 1.29 is 20.1 Å². The molecule has 0 radical (unpaired) electrons. The molecule has 0 saturated carbocycles. The fourth-order valence-corrected chi connectivity index (χ4v) is 2.54. The van der Waals surface area contributed by atoms with Crippen molar-refractivity contribution in [1.29, 1.82) is 0 Å². The zero-order chi connectivity index (χ0) is 15.0. The second-order valence-corrected chi connectivity index (χ2v) is 5.05. The maximum Gasteiger partial charge on any atom is 0.169 e. The first-order valence-corrected chi connectivity index (χ1v) is 6.58. The van der Waals surface area contributed by atoms with Crippen molar-refractivity contribution in [3.63, 3.8) is 0 Å². The predicted molar refractivity (Wildman–Crippen MR) is 77.8 cm³/mol. The molecular formula is C16H18O4. The van der Waals surface area contributed by atoms with E-state index in [1.165, 1.54) is 0 Å². The molecule has 106 valence electrons. The molecule has 2 rings (SSSR count). The third-order valence-corrected chi connectivity index (χ3v) is 3.79. The Kier molecular flexibility index (Phi) is 3.57. The number of hydrogen-bond acceptors (Lipinski definition) is 4. The van der Waals surface area contributed by atoms with Crippen LogP contribution in [0.2, 0.25) is 0 Å². The minimum atomic E-state index is -0.463. The largest absolute Gasteiger partial charge is 0.507 e. The zero-order valence-corrected chi connectivity index (χ0v) is 11.8. The second-order valence-electron chi connectivity index (χ2n) is 5.05. The number of benzene rings is 2. The van der Waals surface area contributed by atoms with E-state index in [0.29, 0.717) is 34.6 Å². The molecule has 0 fully saturated rings. The summed E-state index contributed by atoms with van der Waals surface area (Å²) in [5.41, 5.74) is 2.02. The van der Waals surface area contributed by atoms with Crippen LogP contribution in [0.4, 0.5) is 0 Å². The maximum absolute atomic E-state index is 11.2. The summed E-state index contributed by atoms with van der Waals surface area (Å²) < 4.78 is 0. The van der Waals surface area contributed by atoms with Crippen LogP contribution in [-0.2, 0) is 6.42 Å². The zero-order valence-electron chi connectivity index (χ0n) is 11.8. The topological polar surface area (TPSA) is 77.8 Å². The molecule has 4 nitrogen and oxygen atoms in total. The van der Waals surface area contributed by atoms with E-state index < -0.39 is 5.75 Å². The molecule has 0 bridgehead atoms. The highest BCUT2D eigenvalue weighted by Gasteiger charge is 2.21. The van der Waals surface area contributed by atoms with E-state index in [-0.39, 0.29) is 17.1 Å². The third kappa shape index (κ3) is 1.88. The Morgan fingerprint density at radius 2 is 1.75 bits per heavy atom. The summed E-state index contributed by atoms with van der Waals surface area (Å²) >= 11 is 0. The number of carbonyl (C=O) groups is 1. The van der Waals surface area contributed by atoms with E-state index >= 15 is 0 Å². The number of aryl methyl sites for hydroxylation is 2. The first-order chi connectivity index (χ1) is 9.43. The Labute approximate surface area is 117 Å². The van der Waals surface area contributed by atoms with Crippen LogP contribution in [0.3, 0.4) is 0 Å². The van der Waals surface area contributed by atoms with E-state index in [4.69, 9.17) is 0 Å². The number of phenolic OH excluding ortho intramolecular Hbond substituents is 3. The molecule has 0 atom stereocenters. The van der Waals surface area contributed by atoms with Crippen molar-refractivity contribution in [2.45, 2.75) is 33.6 Å². The van der Waals surface area contributed by atoms with Crippen LogP contribution in [0, 0.1) is 13.8 Å². The van der Waals surface area contributed by atoms with Gasteiger partial charge in [0, 0.05) is 10.9 Å². The van der Waals surface area contributed by atoms with E-state index in [0.717, 1.165) is 12.0 Å². The van der Waals surface area contributed by atoms with Gasteiger partial charge in [-0.15, -0.1) is 0 Å². The lowest BCUT2D eigenvalue weighted by molar-refractivity contribution is 0.112. The molecule has 0 aliphatic heterocycles. The Morgan fingerprint density at radius 1 is 1.10 bits per heavy atom. The molecule has 3 N–H and O–H groups in total. The van der Waals surface area contributed by atoms with E-state index in [1.54, 1.807) is 6.92 Å². The van der Waals surface area contributed by atoms with Crippen molar-refractivity contribution in [3.05, 3.63) is 28.3 Å². The first-order valence-electron chi connectivity index (χ1n) is 6.58. The third-order valence-electron chi connectivity index (χ3n) is 3.79. The van der Waals surface area contributed by atoms with Crippen LogP contribution in [0.5, 0.6) is 17.2 Å². The van der Waals surface area contributed by atoms with Crippen LogP contribution in [0.25, 0.3) is 10.8 Å². The molecule has 0 unspecified atom stereocenters. The highest BCUT2D eigenvalue weighted by molar-refractivity contribution is 6.07. The summed E-state index contributed by atoms with van der Waals surface area (Å²) in [6.07, 6.45) is 1.79. The molecule has 0 aliphatic carbocycles. The number of phenols is 3. The van der Waals surface area contributed by atoms with Crippen LogP contribution >= 0.6 is 0 Å². The molecule has 2 aromatic rings. The molecule has 0 heterocycles. The average Bonchev–Trinajstić information content (AvgIpc) is 2.43. The Hall–Kier alpha value is -2.23. The quantitative estimate of drug-likeness (QED) is 0.592. The molecule has 2 aromatic carbocycles. The Balaban J connectivity index is 3.08. The van der Waals surface area contributed by atoms with Gasteiger partial charge in [-0.1, -0.05) is 19.4 Å². The van der Waals surface area contributed by atoms with Crippen molar-refractivity contribution in [1.82, 2.24) is 0 Å². The monoisotopic (exact) mass is 274 g/mol. The van der Waals surface area contributed by atoms with Crippen molar-refractivity contribution >= 4 is 17.1 Å². The Bertz CT molecular complexity index is 702. The van der Waals surface area contributed by atoms with Crippen LogP contribution < -0.4 is 0 Å². The number of hydrogen-bond donors (Lipinski definition) is 3. The summed E-state index contributed by atoms with van der Waals surface area (Å²) in [5, 5.41) is 31.3. The van der Waals surface area contributed by atoms with Crippen LogP contribution in [0.1, 0.15) is 40.4 Å². The van der Waals surface area contributed by atoms with Gasteiger partial charge in [0.05, 0.1) is 5.56 Å². The normalized spacial score (nSPS) is 10.9. The molecule has 0 saturated heterocycles. The van der Waals surface area contributed by atoms with Crippen LogP contribution in [-0.4, -0.2) is 21.6 Å². The minimum Gasteiger partial charge on any atom is -0.507 e. The molecule has 0 amide bonds. The van der Waals surface area contributed by atoms with Gasteiger partial charge < -0.3 is 15.3 Å². The summed E-state index contributed by atoms with van der Waals surface area (Å²) in [5.74, 6) is -0.756. The van der Waals surface area contributed by atoms with Crippen molar-refractivity contribution in [2.75, 3.05) is 0 Å². The maximum atomic E-state index is 11.2. The number of carbonyl (C=O) groups excluding carboxylic acids is 1. The van der Waals surface area contributed by atoms with Gasteiger partial charge >= 0.3 is 0 Å². The van der Waals surface area contributed by atoms with Crippen molar-refractivity contribution in [3.8, 4) is 17.2 Å². The summed E-state index contributed by atoms with van der Waals surface area (Å²) in [6, 6.07) is 1.83. The highest BCUT2D eigenvalue weighted by atomic mass is 16.3. The molecular weight excluding hydrogens is 256 g/mol. The fourth-order valence-electron chi connectivity index (χ4n) is 2.54. The Morgan fingerprint density at radius 3 is 2.30 bits per heavy atom. The number of aromatic hydroxyl groups is 3. The van der Waals surface area contributed by atoms with Crippen LogP contribution in [0.15, 0.2) is 6.07 Å². The number of aldehydes is 1. The second kappa shape index (κ2) is 5.04. The summed E-state index contributed by atoms with van der Waals surface area (Å²) in [6.45, 7) is 5.56. The molecule has 20 heavy (non-hydrogen) atoms. The lowest BCUT2D eigenvalue weighted by atomic mass is 9.91. The fraction of sp³-hybridized carbons (Fsp3) is 0.312. The van der Waals surface area contributed by atoms with Gasteiger partial charge in [-0.3, -0.25) is 4.79 Å². The van der Waals surface area contributed by atoms with E-state index in [1.807, 2.05) is 19.9 Å². The predicted octanol–water partition coefficient (Wildman–Crippen LogP) is 3.34. The van der Waals surface area contributed by atoms with Gasteiger partial charge in [-0.2, -0.15) is 0 Å². The summed E-state index contributed by atoms with van der Waals surface area (Å²) in [7, 11) is 0. The molecule has 0 aliphatic rings. The van der Waals surface area contributed by atoms with E-state index in [2.05, 4.69) is 0 Å². The number of rotatable bonds is 3. The highest BCUT2D eigenvalue weighted by Crippen LogP contribution is 2.44. The minimum absolute atomic E-state index is 0.0187. The van der Waals surface area contributed by atoms with Gasteiger partial charge in [0.1, 0.15) is 5.75 Å². The van der Waals surface area contributed by atoms with Gasteiger partial charge in [-0.05, 0) is 36.8 Å². The average molecular weight is 274 g/mol. The lowest BCUT2D eigenvalue weighted by Gasteiger charge is -2.16. The molecule has 4 heteroatoms. The van der Waals surface area contributed by atoms with Gasteiger partial charge in [-0.25, -0.2) is 0 Å². The molecule has 0 aromatic heterocycles. The standard InChI is InChI=1S/C16H18O4/c1-4-5-10-11-6-8(2)9(3)14(18)13(11)12(7-17)16(20)15(10)19/h6-7,18-20H,4-5H2,1-3H3. The van der Waals surface area contributed by atoms with Gasteiger partial charge in [0.25, 0.3) is 0 Å². The number of fused-ring (bicyclic) bond motifs is 1. The smallest absolute Gasteiger partial charge is 0.169 e. The SMILES string of the molecule is CCCc1c(O)c(O)c(C=O)c2c(O)c(C)c(C)cc12. The van der Waals surface area contributed by atoms with Gasteiger partial charge in [0.2, 0.25) is 0 Å². The molecule has 0 spiro atoms.